The van der Waals surface area contributed by atoms with Gasteiger partial charge in [-0.05, 0) is 25.1 Å². The van der Waals surface area contributed by atoms with E-state index < -0.39 is 0 Å². The summed E-state index contributed by atoms with van der Waals surface area (Å²) >= 11 is 0. The number of H-pyrrole nitrogens is 1. The molecule has 2 aromatic rings. The minimum absolute atomic E-state index is 0.153. The number of pyridine rings is 1. The largest absolute Gasteiger partial charge is 0.379 e. The van der Waals surface area contributed by atoms with Crippen molar-refractivity contribution in [2.24, 2.45) is 0 Å². The molecule has 1 fully saturated rings. The quantitative estimate of drug-likeness (QED) is 0.857. The van der Waals surface area contributed by atoms with Crippen molar-refractivity contribution in [1.29, 1.82) is 0 Å². The molecular formula is C16H21N5O2. The number of amides is 1. The van der Waals surface area contributed by atoms with E-state index >= 15 is 0 Å². The lowest BCUT2D eigenvalue weighted by atomic mass is 10.2. The standard InChI is InChI=1S/C16H21N5O2/c1-12(21-6-8-23-9-7-21)11-18-16(22)15-10-14(19-20-15)13-4-2-3-5-17-13/h2-5,10,12H,6-9,11H2,1H3,(H,18,22)(H,19,20). The number of carbonyl (C=O) groups excluding carboxylic acids is 1. The lowest BCUT2D eigenvalue weighted by Gasteiger charge is -2.32. The van der Waals surface area contributed by atoms with Gasteiger partial charge < -0.3 is 10.1 Å². The number of nitrogens with zero attached hydrogens (tertiary/aromatic N) is 3. The van der Waals surface area contributed by atoms with Crippen LogP contribution in [0.2, 0.25) is 0 Å². The molecule has 7 heteroatoms. The highest BCUT2D eigenvalue weighted by atomic mass is 16.5. The molecule has 0 bridgehead atoms. The van der Waals surface area contributed by atoms with Crippen molar-refractivity contribution in [2.75, 3.05) is 32.8 Å². The Morgan fingerprint density at radius 2 is 2.22 bits per heavy atom. The number of hydrogen-bond acceptors (Lipinski definition) is 5. The van der Waals surface area contributed by atoms with E-state index in [1.807, 2.05) is 18.2 Å². The first-order valence-corrected chi connectivity index (χ1v) is 7.81. The van der Waals surface area contributed by atoms with E-state index in [1.165, 1.54) is 0 Å². The number of ether oxygens (including phenoxy) is 1. The van der Waals surface area contributed by atoms with Crippen molar-refractivity contribution in [3.8, 4) is 11.4 Å². The lowest BCUT2D eigenvalue weighted by Crippen LogP contribution is -2.47. The zero-order valence-corrected chi connectivity index (χ0v) is 13.2. The molecule has 1 aliphatic heterocycles. The third-order valence-corrected chi connectivity index (χ3v) is 3.98. The molecule has 2 aromatic heterocycles. The van der Waals surface area contributed by atoms with Crippen LogP contribution in [-0.2, 0) is 4.74 Å². The molecule has 1 saturated heterocycles. The molecule has 0 radical (unpaired) electrons. The van der Waals surface area contributed by atoms with Crippen molar-refractivity contribution < 1.29 is 9.53 Å². The molecule has 23 heavy (non-hydrogen) atoms. The maximum absolute atomic E-state index is 12.2. The minimum Gasteiger partial charge on any atom is -0.379 e. The Labute approximate surface area is 135 Å². The third-order valence-electron chi connectivity index (χ3n) is 3.98. The average molecular weight is 315 g/mol. The first-order valence-electron chi connectivity index (χ1n) is 7.81. The van der Waals surface area contributed by atoms with Crippen LogP contribution in [0.5, 0.6) is 0 Å². The van der Waals surface area contributed by atoms with Gasteiger partial charge in [-0.15, -0.1) is 0 Å². The van der Waals surface area contributed by atoms with Gasteiger partial charge in [0.15, 0.2) is 0 Å². The fourth-order valence-corrected chi connectivity index (χ4v) is 2.57. The monoisotopic (exact) mass is 315 g/mol. The van der Waals surface area contributed by atoms with Crippen molar-refractivity contribution >= 4 is 5.91 Å². The maximum Gasteiger partial charge on any atom is 0.269 e. The van der Waals surface area contributed by atoms with Gasteiger partial charge in [-0.25, -0.2) is 0 Å². The van der Waals surface area contributed by atoms with Crippen LogP contribution < -0.4 is 5.32 Å². The van der Waals surface area contributed by atoms with Crippen LogP contribution in [0.1, 0.15) is 17.4 Å². The molecule has 3 rings (SSSR count). The molecule has 122 valence electrons. The number of nitrogens with one attached hydrogen (secondary N) is 2. The third kappa shape index (κ3) is 3.94. The molecular weight excluding hydrogens is 294 g/mol. The Morgan fingerprint density at radius 3 is 2.96 bits per heavy atom. The first kappa shape index (κ1) is 15.6. The van der Waals surface area contributed by atoms with Crippen molar-refractivity contribution in [1.82, 2.24) is 25.4 Å². The van der Waals surface area contributed by atoms with Gasteiger partial charge >= 0.3 is 0 Å². The highest BCUT2D eigenvalue weighted by molar-refractivity contribution is 5.93. The summed E-state index contributed by atoms with van der Waals surface area (Å²) in [5.41, 5.74) is 1.85. The summed E-state index contributed by atoms with van der Waals surface area (Å²) in [6.45, 7) is 6.03. The molecule has 1 amide bonds. The summed E-state index contributed by atoms with van der Waals surface area (Å²) in [4.78, 5) is 18.8. The molecule has 7 nitrogen and oxygen atoms in total. The molecule has 0 aliphatic carbocycles. The van der Waals surface area contributed by atoms with E-state index in [0.29, 0.717) is 17.9 Å². The zero-order valence-electron chi connectivity index (χ0n) is 13.2. The predicted molar refractivity (Wildman–Crippen MR) is 86.0 cm³/mol. The number of rotatable bonds is 5. The number of aromatic nitrogens is 3. The van der Waals surface area contributed by atoms with Crippen LogP contribution in [0.4, 0.5) is 0 Å². The van der Waals surface area contributed by atoms with Crippen molar-refractivity contribution in [3.63, 3.8) is 0 Å². The predicted octanol–water partition coefficient (Wildman–Crippen LogP) is 0.922. The SMILES string of the molecule is CC(CNC(=O)c1cc(-c2ccccn2)n[nH]1)N1CCOCC1. The summed E-state index contributed by atoms with van der Waals surface area (Å²) in [5, 5.41) is 9.87. The van der Waals surface area contributed by atoms with Crippen LogP contribution in [0, 0.1) is 0 Å². The molecule has 0 spiro atoms. The second kappa shape index (κ2) is 7.34. The Balaban J connectivity index is 1.55. The highest BCUT2D eigenvalue weighted by Gasteiger charge is 2.18. The van der Waals surface area contributed by atoms with Gasteiger partial charge in [-0.2, -0.15) is 5.10 Å². The summed E-state index contributed by atoms with van der Waals surface area (Å²) in [5.74, 6) is -0.153. The van der Waals surface area contributed by atoms with Crippen LogP contribution >= 0.6 is 0 Å². The molecule has 1 aliphatic rings. The van der Waals surface area contributed by atoms with E-state index in [2.05, 4.69) is 32.3 Å². The van der Waals surface area contributed by atoms with Crippen molar-refractivity contribution in [2.45, 2.75) is 13.0 Å². The number of hydrogen-bond donors (Lipinski definition) is 2. The van der Waals surface area contributed by atoms with Gasteiger partial charge in [0.05, 0.1) is 18.9 Å². The molecule has 2 N–H and O–H groups in total. The number of carbonyl (C=O) groups is 1. The fraction of sp³-hybridized carbons (Fsp3) is 0.438. The molecule has 1 unspecified atom stereocenters. The second-order valence-corrected chi connectivity index (χ2v) is 5.59. The molecule has 3 heterocycles. The van der Waals surface area contributed by atoms with E-state index in [0.717, 1.165) is 32.0 Å². The average Bonchev–Trinajstić information content (AvgIpc) is 3.11. The number of aromatic amines is 1. The summed E-state index contributed by atoms with van der Waals surface area (Å²) < 4.78 is 5.34. The first-order chi connectivity index (χ1) is 11.2. The maximum atomic E-state index is 12.2. The van der Waals surface area contributed by atoms with Crippen LogP contribution in [0.15, 0.2) is 30.5 Å². The second-order valence-electron chi connectivity index (χ2n) is 5.59. The fourth-order valence-electron chi connectivity index (χ4n) is 2.57. The molecule has 0 saturated carbocycles. The topological polar surface area (TPSA) is 83.1 Å². The van der Waals surface area contributed by atoms with Gasteiger partial charge in [0.25, 0.3) is 5.91 Å². The van der Waals surface area contributed by atoms with Gasteiger partial charge in [-0.3, -0.25) is 19.8 Å². The Hall–Kier alpha value is -2.25. The smallest absolute Gasteiger partial charge is 0.269 e. The van der Waals surface area contributed by atoms with Crippen molar-refractivity contribution in [3.05, 3.63) is 36.2 Å². The summed E-state index contributed by atoms with van der Waals surface area (Å²) in [7, 11) is 0. The summed E-state index contributed by atoms with van der Waals surface area (Å²) in [6.07, 6.45) is 1.70. The van der Waals surface area contributed by atoms with Gasteiger partial charge in [0, 0.05) is 31.9 Å². The lowest BCUT2D eigenvalue weighted by molar-refractivity contribution is 0.0204. The Morgan fingerprint density at radius 1 is 1.39 bits per heavy atom. The van der Waals surface area contributed by atoms with Crippen LogP contribution in [-0.4, -0.2) is 64.9 Å². The van der Waals surface area contributed by atoms with E-state index in [4.69, 9.17) is 4.74 Å². The van der Waals surface area contributed by atoms with E-state index in [-0.39, 0.29) is 11.9 Å². The Bertz CT molecular complexity index is 637. The van der Waals surface area contributed by atoms with Gasteiger partial charge in [-0.1, -0.05) is 6.07 Å². The van der Waals surface area contributed by atoms with Crippen LogP contribution in [0.25, 0.3) is 11.4 Å². The Kier molecular flexibility index (Phi) is 4.99. The highest BCUT2D eigenvalue weighted by Crippen LogP contribution is 2.14. The van der Waals surface area contributed by atoms with E-state index in [9.17, 15) is 4.79 Å². The normalized spacial score (nSPS) is 16.9. The van der Waals surface area contributed by atoms with Gasteiger partial charge in [0.2, 0.25) is 0 Å². The zero-order chi connectivity index (χ0) is 16.1. The number of morpholine rings is 1. The van der Waals surface area contributed by atoms with Gasteiger partial charge in [0.1, 0.15) is 11.4 Å². The molecule has 1 atom stereocenters. The molecule has 0 aromatic carbocycles. The van der Waals surface area contributed by atoms with E-state index in [1.54, 1.807) is 12.3 Å². The summed E-state index contributed by atoms with van der Waals surface area (Å²) in [6, 6.07) is 7.59. The van der Waals surface area contributed by atoms with Crippen LogP contribution in [0.3, 0.4) is 0 Å². The minimum atomic E-state index is -0.153.